The molecule has 0 aliphatic carbocycles. The van der Waals surface area contributed by atoms with Crippen molar-refractivity contribution in [2.45, 2.75) is 36.8 Å². The van der Waals surface area contributed by atoms with E-state index in [1.54, 1.807) is 35.4 Å². The van der Waals surface area contributed by atoms with Gasteiger partial charge in [0.1, 0.15) is 5.01 Å². The number of para-hydroxylation sites is 1. The molecule has 0 unspecified atom stereocenters. The van der Waals surface area contributed by atoms with Gasteiger partial charge in [-0.2, -0.15) is 0 Å². The maximum atomic E-state index is 13.0. The Hall–Kier alpha value is -2.33. The van der Waals surface area contributed by atoms with Crippen molar-refractivity contribution in [1.29, 1.82) is 0 Å². The normalized spacial score (nSPS) is 17.7. The Balaban J connectivity index is 1.44. The number of benzene rings is 2. The van der Waals surface area contributed by atoms with Crippen LogP contribution in [0.25, 0.3) is 10.2 Å². The quantitative estimate of drug-likeness (QED) is 0.583. The molecule has 164 valence electrons. The number of hydrogen-bond donors (Lipinski definition) is 1. The van der Waals surface area contributed by atoms with Crippen LogP contribution in [0.5, 0.6) is 0 Å². The lowest BCUT2D eigenvalue weighted by molar-refractivity contribution is 0.0742. The molecular weight excluding hydrogens is 434 g/mol. The fourth-order valence-corrected chi connectivity index (χ4v) is 5.61. The molecule has 0 radical (unpaired) electrons. The highest BCUT2D eigenvalue weighted by Gasteiger charge is 2.23. The molecular formula is C22H25N3O4S2. The van der Waals surface area contributed by atoms with Crippen molar-refractivity contribution in [3.05, 3.63) is 59.1 Å². The van der Waals surface area contributed by atoms with Crippen molar-refractivity contribution < 1.29 is 17.9 Å². The summed E-state index contributed by atoms with van der Waals surface area (Å²) in [5.74, 6) is -0.192. The molecule has 2 aromatic carbocycles. The highest BCUT2D eigenvalue weighted by atomic mass is 32.2. The summed E-state index contributed by atoms with van der Waals surface area (Å²) in [4.78, 5) is 19.3. The lowest BCUT2D eigenvalue weighted by Crippen LogP contribution is -2.32. The van der Waals surface area contributed by atoms with E-state index in [1.807, 2.05) is 31.2 Å². The number of aromatic nitrogens is 1. The first kappa shape index (κ1) is 21.9. The molecule has 4 rings (SSSR count). The van der Waals surface area contributed by atoms with Crippen molar-refractivity contribution in [2.24, 2.45) is 0 Å². The summed E-state index contributed by atoms with van der Waals surface area (Å²) in [6.07, 6.45) is 1.73. The van der Waals surface area contributed by atoms with Crippen molar-refractivity contribution in [3.63, 3.8) is 0 Å². The topological polar surface area (TPSA) is 88.6 Å². The van der Waals surface area contributed by atoms with Gasteiger partial charge in [0.2, 0.25) is 10.0 Å². The van der Waals surface area contributed by atoms with Gasteiger partial charge in [0.05, 0.1) is 27.3 Å². The minimum Gasteiger partial charge on any atom is -0.377 e. The molecule has 1 saturated heterocycles. The number of ether oxygens (including phenoxy) is 1. The molecule has 1 aliphatic rings. The van der Waals surface area contributed by atoms with Gasteiger partial charge in [-0.1, -0.05) is 12.1 Å². The minimum absolute atomic E-state index is 0.0757. The molecule has 31 heavy (non-hydrogen) atoms. The van der Waals surface area contributed by atoms with Crippen LogP contribution in [0.15, 0.2) is 53.4 Å². The molecule has 1 aliphatic heterocycles. The maximum Gasteiger partial charge on any atom is 0.254 e. The number of amides is 1. The second-order valence-corrected chi connectivity index (χ2v) is 10.5. The van der Waals surface area contributed by atoms with Gasteiger partial charge in [-0.05, 0) is 56.2 Å². The first-order valence-electron chi connectivity index (χ1n) is 10.2. The summed E-state index contributed by atoms with van der Waals surface area (Å²) in [5.41, 5.74) is 1.34. The van der Waals surface area contributed by atoms with Crippen LogP contribution in [0.2, 0.25) is 0 Å². The van der Waals surface area contributed by atoms with E-state index in [0.717, 1.165) is 28.1 Å². The highest BCUT2D eigenvalue weighted by molar-refractivity contribution is 7.89. The third-order valence-electron chi connectivity index (χ3n) is 5.51. The van der Waals surface area contributed by atoms with Crippen LogP contribution in [0.3, 0.4) is 0 Å². The second-order valence-electron chi connectivity index (χ2n) is 7.62. The number of rotatable bonds is 7. The smallest absolute Gasteiger partial charge is 0.254 e. The monoisotopic (exact) mass is 459 g/mol. The largest absolute Gasteiger partial charge is 0.377 e. The fraction of sp³-hybridized carbons (Fsp3) is 0.364. The van der Waals surface area contributed by atoms with Crippen LogP contribution in [0, 0.1) is 0 Å². The summed E-state index contributed by atoms with van der Waals surface area (Å²) >= 11 is 1.57. The van der Waals surface area contributed by atoms with Gasteiger partial charge in [0.25, 0.3) is 5.91 Å². The average molecular weight is 460 g/mol. The van der Waals surface area contributed by atoms with Gasteiger partial charge < -0.3 is 9.64 Å². The van der Waals surface area contributed by atoms with Crippen molar-refractivity contribution in [3.8, 4) is 0 Å². The third kappa shape index (κ3) is 4.79. The maximum absolute atomic E-state index is 13.0. The molecule has 0 bridgehead atoms. The summed E-state index contributed by atoms with van der Waals surface area (Å²) in [6, 6.07) is 13.7. The van der Waals surface area contributed by atoms with Crippen LogP contribution >= 0.6 is 11.3 Å². The van der Waals surface area contributed by atoms with Crippen molar-refractivity contribution in [2.75, 3.05) is 20.2 Å². The molecule has 7 nitrogen and oxygen atoms in total. The Bertz CT molecular complexity index is 1140. The Morgan fingerprint density at radius 3 is 2.68 bits per heavy atom. The molecule has 1 amide bonds. The number of nitrogens with one attached hydrogen (secondary N) is 1. The summed E-state index contributed by atoms with van der Waals surface area (Å²) in [6.45, 7) is 2.86. The number of hydrogen-bond acceptors (Lipinski definition) is 6. The van der Waals surface area contributed by atoms with Gasteiger partial charge >= 0.3 is 0 Å². The average Bonchev–Trinajstić information content (AvgIpc) is 3.46. The number of thiazole rings is 1. The van der Waals surface area contributed by atoms with Gasteiger partial charge in [-0.3, -0.25) is 4.79 Å². The zero-order valence-corrected chi connectivity index (χ0v) is 19.1. The Morgan fingerprint density at radius 2 is 2.00 bits per heavy atom. The first-order chi connectivity index (χ1) is 14.8. The molecule has 1 aromatic heterocycles. The van der Waals surface area contributed by atoms with E-state index in [4.69, 9.17) is 4.74 Å². The SMILES string of the molecule is C[C@H](c1nc2ccccc2s1)N(C)C(=O)c1ccc(S(=O)(=O)NC[C@H]2CCCO2)cc1. The molecule has 2 heterocycles. The lowest BCUT2D eigenvalue weighted by Gasteiger charge is -2.23. The van der Waals surface area contributed by atoms with Gasteiger partial charge in [-0.15, -0.1) is 11.3 Å². The van der Waals surface area contributed by atoms with Crippen LogP contribution in [0.4, 0.5) is 0 Å². The summed E-state index contributed by atoms with van der Waals surface area (Å²) in [5, 5.41) is 0.856. The molecule has 2 atom stereocenters. The number of fused-ring (bicyclic) bond motifs is 1. The number of carbonyl (C=O) groups is 1. The van der Waals surface area contributed by atoms with Crippen LogP contribution in [-0.2, 0) is 14.8 Å². The zero-order valence-electron chi connectivity index (χ0n) is 17.4. The Morgan fingerprint density at radius 1 is 1.26 bits per heavy atom. The third-order valence-corrected chi connectivity index (χ3v) is 8.15. The first-order valence-corrected chi connectivity index (χ1v) is 12.5. The van der Waals surface area contributed by atoms with Gasteiger partial charge in [-0.25, -0.2) is 18.1 Å². The highest BCUT2D eigenvalue weighted by Crippen LogP contribution is 2.29. The van der Waals surface area contributed by atoms with E-state index in [-0.39, 0.29) is 29.5 Å². The molecule has 3 aromatic rings. The number of carbonyl (C=O) groups excluding carboxylic acids is 1. The van der Waals surface area contributed by atoms with E-state index in [0.29, 0.717) is 12.2 Å². The molecule has 0 spiro atoms. The molecule has 1 fully saturated rings. The summed E-state index contributed by atoms with van der Waals surface area (Å²) < 4.78 is 34.1. The lowest BCUT2D eigenvalue weighted by atomic mass is 10.2. The van der Waals surface area contributed by atoms with Crippen molar-refractivity contribution in [1.82, 2.24) is 14.6 Å². The molecule has 1 N–H and O–H groups in total. The number of sulfonamides is 1. The molecule has 0 saturated carbocycles. The number of nitrogens with zero attached hydrogens (tertiary/aromatic N) is 2. The van der Waals surface area contributed by atoms with Crippen molar-refractivity contribution >= 4 is 37.5 Å². The van der Waals surface area contributed by atoms with E-state index < -0.39 is 10.0 Å². The summed E-state index contributed by atoms with van der Waals surface area (Å²) in [7, 11) is -1.92. The minimum atomic E-state index is -3.65. The van der Waals surface area contributed by atoms with Gasteiger partial charge in [0, 0.05) is 25.8 Å². The zero-order chi connectivity index (χ0) is 22.0. The van der Waals surface area contributed by atoms with E-state index in [1.165, 1.54) is 12.1 Å². The predicted molar refractivity (Wildman–Crippen MR) is 121 cm³/mol. The standard InChI is InChI=1S/C22H25N3O4S2/c1-15(21-24-19-7-3-4-8-20(19)30-21)25(2)22(26)16-9-11-18(12-10-16)31(27,28)23-14-17-6-5-13-29-17/h3-4,7-12,15,17,23H,5-6,13-14H2,1-2H3/t15-,17-/m1/s1. The van der Waals surface area contributed by atoms with E-state index in [2.05, 4.69) is 9.71 Å². The fourth-order valence-electron chi connectivity index (χ4n) is 3.48. The van der Waals surface area contributed by atoms with E-state index in [9.17, 15) is 13.2 Å². The second kappa shape index (κ2) is 9.04. The van der Waals surface area contributed by atoms with Crippen LogP contribution in [0.1, 0.15) is 41.2 Å². The Labute approximate surface area is 186 Å². The molecule has 9 heteroatoms. The predicted octanol–water partition coefficient (Wildman–Crippen LogP) is 3.59. The van der Waals surface area contributed by atoms with Gasteiger partial charge in [0.15, 0.2) is 0 Å². The van der Waals surface area contributed by atoms with Crippen LogP contribution < -0.4 is 4.72 Å². The van der Waals surface area contributed by atoms with Crippen LogP contribution in [-0.4, -0.2) is 50.5 Å². The van der Waals surface area contributed by atoms with E-state index >= 15 is 0 Å². The Kier molecular flexibility index (Phi) is 6.38.